The van der Waals surface area contributed by atoms with Crippen molar-refractivity contribution in [3.8, 4) is 0 Å². The molecule has 0 spiro atoms. The largest absolute Gasteiger partial charge is 0.462 e. The van der Waals surface area contributed by atoms with Crippen LogP contribution in [-0.2, 0) is 20.7 Å². The van der Waals surface area contributed by atoms with E-state index in [0.717, 1.165) is 11.6 Å². The predicted molar refractivity (Wildman–Crippen MR) is 70.3 cm³/mol. The van der Waals surface area contributed by atoms with Gasteiger partial charge in [0.15, 0.2) is 0 Å². The van der Waals surface area contributed by atoms with E-state index in [9.17, 15) is 14.7 Å². The van der Waals surface area contributed by atoms with Crippen molar-refractivity contribution in [2.45, 2.75) is 12.5 Å². The molecule has 1 atom stereocenters. The molecule has 1 amide bonds. The van der Waals surface area contributed by atoms with Crippen molar-refractivity contribution in [3.63, 3.8) is 0 Å². The number of hydrogen-bond acceptors (Lipinski definition) is 4. The molecule has 0 aliphatic heterocycles. The molecular formula is C14H17NO4. The number of aliphatic hydroxyl groups is 1. The lowest BCUT2D eigenvalue weighted by Crippen LogP contribution is -2.31. The molecule has 0 saturated carbocycles. The number of aliphatic hydroxyl groups excluding tert-OH is 1. The second-order valence-corrected chi connectivity index (χ2v) is 3.95. The van der Waals surface area contributed by atoms with E-state index in [1.54, 1.807) is 0 Å². The Morgan fingerprint density at radius 1 is 1.37 bits per heavy atom. The van der Waals surface area contributed by atoms with Crippen LogP contribution in [0.3, 0.4) is 0 Å². The number of rotatable bonds is 7. The summed E-state index contributed by atoms with van der Waals surface area (Å²) in [5, 5.41) is 12.0. The van der Waals surface area contributed by atoms with Gasteiger partial charge in [-0.1, -0.05) is 36.9 Å². The highest BCUT2D eigenvalue weighted by Gasteiger charge is 2.10. The van der Waals surface area contributed by atoms with E-state index >= 15 is 0 Å². The van der Waals surface area contributed by atoms with Crippen molar-refractivity contribution in [3.05, 3.63) is 48.6 Å². The predicted octanol–water partition coefficient (Wildman–Crippen LogP) is 0.435. The summed E-state index contributed by atoms with van der Waals surface area (Å²) in [5.41, 5.74) is 0.964. The van der Waals surface area contributed by atoms with Crippen LogP contribution in [0.4, 0.5) is 0 Å². The topological polar surface area (TPSA) is 75.6 Å². The molecule has 0 aromatic heterocycles. The third-order valence-corrected chi connectivity index (χ3v) is 2.34. The number of amides is 1. The Kier molecular flexibility index (Phi) is 6.32. The summed E-state index contributed by atoms with van der Waals surface area (Å²) < 4.78 is 4.83. The zero-order valence-electron chi connectivity index (χ0n) is 10.5. The molecule has 0 aliphatic rings. The molecule has 5 nitrogen and oxygen atoms in total. The summed E-state index contributed by atoms with van der Waals surface area (Å²) in [6.07, 6.45) is 0.714. The van der Waals surface area contributed by atoms with E-state index in [1.165, 1.54) is 0 Å². The molecule has 0 saturated heterocycles. The maximum atomic E-state index is 11.2. The second kappa shape index (κ2) is 8.05. The smallest absolute Gasteiger partial charge is 0.325 e. The van der Waals surface area contributed by atoms with Gasteiger partial charge in [-0.3, -0.25) is 9.59 Å². The molecule has 0 heterocycles. The second-order valence-electron chi connectivity index (χ2n) is 3.95. The van der Waals surface area contributed by atoms with Crippen LogP contribution < -0.4 is 5.32 Å². The van der Waals surface area contributed by atoms with E-state index in [1.807, 2.05) is 30.3 Å². The van der Waals surface area contributed by atoms with Crippen LogP contribution in [0.2, 0.25) is 0 Å². The minimum atomic E-state index is -0.763. The van der Waals surface area contributed by atoms with Crippen LogP contribution in [0, 0.1) is 0 Å². The fraction of sp³-hybridized carbons (Fsp3) is 0.286. The van der Waals surface area contributed by atoms with Gasteiger partial charge < -0.3 is 15.2 Å². The molecule has 5 heteroatoms. The molecule has 19 heavy (non-hydrogen) atoms. The monoisotopic (exact) mass is 263 g/mol. The molecule has 0 fully saturated rings. The summed E-state index contributed by atoms with van der Waals surface area (Å²) in [6.45, 7) is 2.92. The van der Waals surface area contributed by atoms with E-state index in [4.69, 9.17) is 4.74 Å². The van der Waals surface area contributed by atoms with Crippen molar-refractivity contribution < 1.29 is 19.4 Å². The van der Waals surface area contributed by atoms with E-state index < -0.39 is 18.0 Å². The molecule has 0 aliphatic carbocycles. The van der Waals surface area contributed by atoms with Gasteiger partial charge in [-0.2, -0.15) is 0 Å². The molecule has 1 aromatic carbocycles. The number of benzene rings is 1. The van der Waals surface area contributed by atoms with Crippen molar-refractivity contribution >= 4 is 11.9 Å². The maximum Gasteiger partial charge on any atom is 0.325 e. The van der Waals surface area contributed by atoms with Crippen molar-refractivity contribution in [2.24, 2.45) is 0 Å². The van der Waals surface area contributed by atoms with Crippen LogP contribution in [0.5, 0.6) is 0 Å². The van der Waals surface area contributed by atoms with Crippen LogP contribution in [0.1, 0.15) is 5.56 Å². The normalized spacial score (nSPS) is 11.4. The summed E-state index contributed by atoms with van der Waals surface area (Å²) in [7, 11) is 0. The third-order valence-electron chi connectivity index (χ3n) is 2.34. The number of hydrogen-bond donors (Lipinski definition) is 2. The minimum Gasteiger partial charge on any atom is -0.462 e. The average Bonchev–Trinajstić information content (AvgIpc) is 2.43. The Morgan fingerprint density at radius 2 is 2.05 bits per heavy atom. The SMILES string of the molecule is C=CC(=O)NCC(=O)OCC(O)Cc1ccccc1. The fourth-order valence-corrected chi connectivity index (χ4v) is 1.42. The molecule has 1 unspecified atom stereocenters. The first kappa shape index (κ1) is 14.9. The summed E-state index contributed by atoms with van der Waals surface area (Å²) in [6, 6.07) is 9.40. The third kappa shape index (κ3) is 6.38. The minimum absolute atomic E-state index is 0.0995. The van der Waals surface area contributed by atoms with Crippen molar-refractivity contribution in [1.82, 2.24) is 5.32 Å². The van der Waals surface area contributed by atoms with Gasteiger partial charge in [0.2, 0.25) is 5.91 Å². The molecule has 2 N–H and O–H groups in total. The summed E-state index contributed by atoms with van der Waals surface area (Å²) in [5.74, 6) is -1.04. The molecule has 102 valence electrons. The van der Waals surface area contributed by atoms with Crippen LogP contribution in [-0.4, -0.2) is 36.2 Å². The van der Waals surface area contributed by atoms with Gasteiger partial charge in [0.25, 0.3) is 0 Å². The van der Waals surface area contributed by atoms with Gasteiger partial charge in [-0.15, -0.1) is 0 Å². The highest BCUT2D eigenvalue weighted by molar-refractivity contribution is 5.89. The lowest BCUT2D eigenvalue weighted by Gasteiger charge is -2.11. The van der Waals surface area contributed by atoms with Gasteiger partial charge in [-0.25, -0.2) is 0 Å². The maximum absolute atomic E-state index is 11.2. The quantitative estimate of drug-likeness (QED) is 0.553. The number of carbonyl (C=O) groups excluding carboxylic acids is 2. The highest BCUT2D eigenvalue weighted by Crippen LogP contribution is 2.03. The standard InChI is InChI=1S/C14H17NO4/c1-2-13(17)15-9-14(18)19-10-12(16)8-11-6-4-3-5-7-11/h2-7,12,16H,1,8-10H2,(H,15,17). The Balaban J connectivity index is 2.22. The van der Waals surface area contributed by atoms with E-state index in [0.29, 0.717) is 6.42 Å². The fourth-order valence-electron chi connectivity index (χ4n) is 1.42. The van der Waals surface area contributed by atoms with Crippen LogP contribution in [0.25, 0.3) is 0 Å². The first-order chi connectivity index (χ1) is 9.11. The lowest BCUT2D eigenvalue weighted by molar-refractivity contribution is -0.146. The Labute approximate surface area is 111 Å². The van der Waals surface area contributed by atoms with Crippen molar-refractivity contribution in [2.75, 3.05) is 13.2 Å². The molecular weight excluding hydrogens is 246 g/mol. The van der Waals surface area contributed by atoms with Gasteiger partial charge in [0.05, 0.1) is 6.10 Å². The lowest BCUT2D eigenvalue weighted by atomic mass is 10.1. The Morgan fingerprint density at radius 3 is 2.68 bits per heavy atom. The van der Waals surface area contributed by atoms with Gasteiger partial charge >= 0.3 is 5.97 Å². The molecule has 0 bridgehead atoms. The molecule has 1 aromatic rings. The number of esters is 1. The number of nitrogens with one attached hydrogen (secondary N) is 1. The number of ether oxygens (including phenoxy) is 1. The van der Waals surface area contributed by atoms with Gasteiger partial charge in [0.1, 0.15) is 13.2 Å². The van der Waals surface area contributed by atoms with Crippen molar-refractivity contribution in [1.29, 1.82) is 0 Å². The van der Waals surface area contributed by atoms with E-state index in [2.05, 4.69) is 11.9 Å². The zero-order chi connectivity index (χ0) is 14.1. The van der Waals surface area contributed by atoms with Gasteiger partial charge in [0, 0.05) is 6.42 Å². The van der Waals surface area contributed by atoms with E-state index in [-0.39, 0.29) is 13.2 Å². The number of carbonyl (C=O) groups is 2. The van der Waals surface area contributed by atoms with Crippen LogP contribution in [0.15, 0.2) is 43.0 Å². The first-order valence-corrected chi connectivity index (χ1v) is 5.89. The molecule has 0 radical (unpaired) electrons. The first-order valence-electron chi connectivity index (χ1n) is 5.89. The van der Waals surface area contributed by atoms with Gasteiger partial charge in [-0.05, 0) is 11.6 Å². The Hall–Kier alpha value is -2.14. The summed E-state index contributed by atoms with van der Waals surface area (Å²) in [4.78, 5) is 22.0. The highest BCUT2D eigenvalue weighted by atomic mass is 16.5. The van der Waals surface area contributed by atoms with Crippen LogP contribution >= 0.6 is 0 Å². The average molecular weight is 263 g/mol. The molecule has 1 rings (SSSR count). The summed E-state index contributed by atoms with van der Waals surface area (Å²) >= 11 is 0. The zero-order valence-corrected chi connectivity index (χ0v) is 10.5. The Bertz CT molecular complexity index is 430.